The Balaban J connectivity index is 2.14. The van der Waals surface area contributed by atoms with Crippen LogP contribution in [0.2, 0.25) is 0 Å². The third-order valence-corrected chi connectivity index (χ3v) is 5.41. The Morgan fingerprint density at radius 1 is 1.07 bits per heavy atom. The second kappa shape index (κ2) is 7.74. The van der Waals surface area contributed by atoms with Crippen LogP contribution >= 0.6 is 0 Å². The average molecular weight is 392 g/mol. The zero-order chi connectivity index (χ0) is 21.5. The van der Waals surface area contributed by atoms with Gasteiger partial charge in [-0.2, -0.15) is 0 Å². The van der Waals surface area contributed by atoms with E-state index in [-0.39, 0.29) is 11.9 Å². The molecule has 0 fully saturated rings. The Labute approximate surface area is 172 Å². The highest BCUT2D eigenvalue weighted by Crippen LogP contribution is 2.34. The minimum absolute atomic E-state index is 0.0481. The molecule has 1 aliphatic heterocycles. The van der Waals surface area contributed by atoms with Crippen molar-refractivity contribution in [2.75, 3.05) is 7.11 Å². The van der Waals surface area contributed by atoms with E-state index in [0.29, 0.717) is 16.8 Å². The minimum Gasteiger partial charge on any atom is -0.465 e. The molecule has 0 radical (unpaired) electrons. The lowest BCUT2D eigenvalue weighted by molar-refractivity contribution is -0.136. The van der Waals surface area contributed by atoms with Crippen LogP contribution < -0.4 is 0 Å². The van der Waals surface area contributed by atoms with Crippen LogP contribution in [0.15, 0.2) is 47.2 Å². The standard InChI is InChI=1S/C24H28N2O3/c1-14(2)25-18(6)22(24(28)29-7)21(23(25)27)13-19-12-16(4)26(17(19)5)20-10-8-15(3)9-11-20/h8-14H,1-7H3/b21-13-. The highest BCUT2D eigenvalue weighted by Gasteiger charge is 2.38. The van der Waals surface area contributed by atoms with E-state index in [1.165, 1.54) is 12.7 Å². The van der Waals surface area contributed by atoms with Crippen LogP contribution in [0.5, 0.6) is 0 Å². The van der Waals surface area contributed by atoms with Gasteiger partial charge in [0.1, 0.15) is 0 Å². The van der Waals surface area contributed by atoms with Crippen molar-refractivity contribution in [3.05, 3.63) is 69.7 Å². The highest BCUT2D eigenvalue weighted by atomic mass is 16.5. The minimum atomic E-state index is -0.488. The fraction of sp³-hybridized carbons (Fsp3) is 0.333. The van der Waals surface area contributed by atoms with Gasteiger partial charge in [-0.25, -0.2) is 4.79 Å². The van der Waals surface area contributed by atoms with Crippen molar-refractivity contribution >= 4 is 18.0 Å². The van der Waals surface area contributed by atoms with E-state index in [1.54, 1.807) is 11.8 Å². The van der Waals surface area contributed by atoms with E-state index < -0.39 is 5.97 Å². The molecule has 5 nitrogen and oxygen atoms in total. The number of esters is 1. The van der Waals surface area contributed by atoms with E-state index in [2.05, 4.69) is 35.8 Å². The van der Waals surface area contributed by atoms with Gasteiger partial charge in [-0.05, 0) is 71.4 Å². The Morgan fingerprint density at radius 3 is 2.24 bits per heavy atom. The van der Waals surface area contributed by atoms with Gasteiger partial charge in [-0.1, -0.05) is 17.7 Å². The van der Waals surface area contributed by atoms with Gasteiger partial charge in [-0.3, -0.25) is 4.79 Å². The largest absolute Gasteiger partial charge is 0.465 e. The molecule has 3 rings (SSSR count). The highest BCUT2D eigenvalue weighted by molar-refractivity contribution is 6.16. The molecule has 2 aromatic rings. The maximum absolute atomic E-state index is 13.1. The molecule has 1 aliphatic rings. The third kappa shape index (κ3) is 3.53. The summed E-state index contributed by atoms with van der Waals surface area (Å²) in [6, 6.07) is 10.3. The Hall–Kier alpha value is -3.08. The van der Waals surface area contributed by atoms with Crippen molar-refractivity contribution < 1.29 is 14.3 Å². The molecule has 5 heteroatoms. The lowest BCUT2D eigenvalue weighted by atomic mass is 10.0. The predicted molar refractivity (Wildman–Crippen MR) is 115 cm³/mol. The number of ether oxygens (including phenoxy) is 1. The molecule has 0 aliphatic carbocycles. The summed E-state index contributed by atoms with van der Waals surface area (Å²) in [6.45, 7) is 11.8. The predicted octanol–water partition coefficient (Wildman–Crippen LogP) is 4.48. The summed E-state index contributed by atoms with van der Waals surface area (Å²) >= 11 is 0. The summed E-state index contributed by atoms with van der Waals surface area (Å²) in [5, 5.41) is 0. The summed E-state index contributed by atoms with van der Waals surface area (Å²) in [7, 11) is 1.34. The zero-order valence-electron chi connectivity index (χ0n) is 18.2. The third-order valence-electron chi connectivity index (χ3n) is 5.41. The van der Waals surface area contributed by atoms with E-state index in [0.717, 1.165) is 22.6 Å². The molecular formula is C24H28N2O3. The topological polar surface area (TPSA) is 51.5 Å². The molecule has 2 heterocycles. The van der Waals surface area contributed by atoms with Crippen molar-refractivity contribution in [2.45, 2.75) is 47.6 Å². The van der Waals surface area contributed by atoms with E-state index in [1.807, 2.05) is 39.8 Å². The first kappa shape index (κ1) is 20.6. The number of carbonyl (C=O) groups is 2. The number of carbonyl (C=O) groups excluding carboxylic acids is 2. The molecule has 1 aromatic carbocycles. The first-order valence-electron chi connectivity index (χ1n) is 9.78. The molecule has 0 bridgehead atoms. The van der Waals surface area contributed by atoms with Crippen LogP contribution in [0.25, 0.3) is 11.8 Å². The van der Waals surface area contributed by atoms with Crippen LogP contribution in [0.4, 0.5) is 0 Å². The van der Waals surface area contributed by atoms with Crippen molar-refractivity contribution in [1.29, 1.82) is 0 Å². The number of benzene rings is 1. The van der Waals surface area contributed by atoms with E-state index >= 15 is 0 Å². The Kier molecular flexibility index (Phi) is 5.51. The van der Waals surface area contributed by atoms with Gasteiger partial charge in [0.15, 0.2) is 0 Å². The van der Waals surface area contributed by atoms with Gasteiger partial charge in [0, 0.05) is 28.8 Å². The van der Waals surface area contributed by atoms with Crippen LogP contribution in [0, 0.1) is 20.8 Å². The molecule has 0 spiro atoms. The number of hydrogen-bond donors (Lipinski definition) is 0. The fourth-order valence-electron chi connectivity index (χ4n) is 4.00. The van der Waals surface area contributed by atoms with E-state index in [9.17, 15) is 9.59 Å². The zero-order valence-corrected chi connectivity index (χ0v) is 18.2. The van der Waals surface area contributed by atoms with Gasteiger partial charge < -0.3 is 14.2 Å². The number of methoxy groups -OCH3 is 1. The second-order valence-corrected chi connectivity index (χ2v) is 7.78. The number of aromatic nitrogens is 1. The van der Waals surface area contributed by atoms with Gasteiger partial charge >= 0.3 is 5.97 Å². The first-order chi connectivity index (χ1) is 13.7. The lowest BCUT2D eigenvalue weighted by Gasteiger charge is -2.22. The fourth-order valence-corrected chi connectivity index (χ4v) is 4.00. The van der Waals surface area contributed by atoms with Crippen molar-refractivity contribution in [1.82, 2.24) is 9.47 Å². The molecular weight excluding hydrogens is 364 g/mol. The summed E-state index contributed by atoms with van der Waals surface area (Å²) in [6.07, 6.45) is 1.81. The lowest BCUT2D eigenvalue weighted by Crippen LogP contribution is -2.31. The molecule has 0 unspecified atom stereocenters. The van der Waals surface area contributed by atoms with Crippen molar-refractivity contribution in [2.24, 2.45) is 0 Å². The number of allylic oxidation sites excluding steroid dienone is 1. The monoisotopic (exact) mass is 392 g/mol. The smallest absolute Gasteiger partial charge is 0.340 e. The first-order valence-corrected chi connectivity index (χ1v) is 9.78. The Morgan fingerprint density at radius 2 is 1.69 bits per heavy atom. The number of amides is 1. The molecule has 0 atom stereocenters. The van der Waals surface area contributed by atoms with Gasteiger partial charge in [0.2, 0.25) is 0 Å². The quantitative estimate of drug-likeness (QED) is 0.569. The SMILES string of the molecule is COC(=O)C1=C(C)N(C(C)C)C(=O)/C1=C\c1cc(C)n(-c2ccc(C)cc2)c1C. The van der Waals surface area contributed by atoms with E-state index in [4.69, 9.17) is 4.74 Å². The molecule has 152 valence electrons. The van der Waals surface area contributed by atoms with Crippen LogP contribution in [0.1, 0.15) is 43.3 Å². The van der Waals surface area contributed by atoms with Crippen LogP contribution in [-0.2, 0) is 14.3 Å². The summed E-state index contributed by atoms with van der Waals surface area (Å²) in [4.78, 5) is 27.2. The van der Waals surface area contributed by atoms with Crippen molar-refractivity contribution in [3.63, 3.8) is 0 Å². The van der Waals surface area contributed by atoms with Gasteiger partial charge in [0.05, 0.1) is 18.3 Å². The summed E-state index contributed by atoms with van der Waals surface area (Å²) in [5.74, 6) is -0.657. The summed E-state index contributed by atoms with van der Waals surface area (Å²) in [5.41, 5.74) is 6.60. The molecule has 29 heavy (non-hydrogen) atoms. The molecule has 0 saturated carbocycles. The molecule has 0 saturated heterocycles. The number of nitrogens with zero attached hydrogens (tertiary/aromatic N) is 2. The van der Waals surface area contributed by atoms with Gasteiger partial charge in [-0.15, -0.1) is 0 Å². The summed E-state index contributed by atoms with van der Waals surface area (Å²) < 4.78 is 7.12. The number of rotatable bonds is 4. The molecule has 1 amide bonds. The normalized spacial score (nSPS) is 15.8. The average Bonchev–Trinajstić information content (AvgIpc) is 3.08. The van der Waals surface area contributed by atoms with Gasteiger partial charge in [0.25, 0.3) is 5.91 Å². The number of hydrogen-bond acceptors (Lipinski definition) is 3. The maximum Gasteiger partial charge on any atom is 0.340 e. The van der Waals surface area contributed by atoms with Crippen molar-refractivity contribution in [3.8, 4) is 5.69 Å². The Bertz CT molecular complexity index is 1040. The number of aryl methyl sites for hydroxylation is 2. The second-order valence-electron chi connectivity index (χ2n) is 7.78. The van der Waals surface area contributed by atoms with Crippen LogP contribution in [-0.4, -0.2) is 34.5 Å². The van der Waals surface area contributed by atoms with Crippen LogP contribution in [0.3, 0.4) is 0 Å². The molecule has 0 N–H and O–H groups in total. The molecule has 1 aromatic heterocycles. The maximum atomic E-state index is 13.1.